The number of hydrogen-bond acceptors (Lipinski definition) is 5. The van der Waals surface area contributed by atoms with Crippen LogP contribution in [0.5, 0.6) is 0 Å². The lowest BCUT2D eigenvalue weighted by atomic mass is 9.97. The molecule has 1 fully saturated rings. The number of rotatable bonds is 7. The van der Waals surface area contributed by atoms with Crippen molar-refractivity contribution in [1.29, 1.82) is 0 Å². The Kier molecular flexibility index (Phi) is 7.09. The van der Waals surface area contributed by atoms with Gasteiger partial charge in [0, 0.05) is 19.0 Å². The van der Waals surface area contributed by atoms with Gasteiger partial charge in [0.15, 0.2) is 0 Å². The maximum atomic E-state index is 13.1. The van der Waals surface area contributed by atoms with E-state index in [0.717, 1.165) is 12.1 Å². The molecule has 8 nitrogen and oxygen atoms in total. The van der Waals surface area contributed by atoms with Crippen molar-refractivity contribution in [1.82, 2.24) is 9.62 Å². The van der Waals surface area contributed by atoms with Crippen molar-refractivity contribution in [3.63, 3.8) is 0 Å². The lowest BCUT2D eigenvalue weighted by Gasteiger charge is -2.30. The Morgan fingerprint density at radius 3 is 2.38 bits per heavy atom. The van der Waals surface area contributed by atoms with Crippen molar-refractivity contribution in [3.8, 4) is 0 Å². The van der Waals surface area contributed by atoms with Crippen molar-refractivity contribution in [2.45, 2.75) is 24.3 Å². The van der Waals surface area contributed by atoms with Crippen molar-refractivity contribution in [2.24, 2.45) is 5.92 Å². The number of para-hydroxylation sites is 1. The van der Waals surface area contributed by atoms with Crippen LogP contribution in [0.4, 0.5) is 10.1 Å². The third kappa shape index (κ3) is 5.35. The van der Waals surface area contributed by atoms with Gasteiger partial charge in [0.2, 0.25) is 15.9 Å². The first-order valence-electron chi connectivity index (χ1n) is 10.8. The van der Waals surface area contributed by atoms with Gasteiger partial charge in [-0.25, -0.2) is 12.8 Å². The first kappa shape index (κ1) is 23.7. The van der Waals surface area contributed by atoms with Crippen molar-refractivity contribution < 1.29 is 26.8 Å². The number of halogens is 1. The van der Waals surface area contributed by atoms with Crippen molar-refractivity contribution >= 4 is 27.5 Å². The second-order valence-corrected chi connectivity index (χ2v) is 9.87. The zero-order valence-corrected chi connectivity index (χ0v) is 19.1. The van der Waals surface area contributed by atoms with E-state index in [2.05, 4.69) is 10.6 Å². The molecule has 2 aromatic carbocycles. The summed E-state index contributed by atoms with van der Waals surface area (Å²) in [6, 6.07) is 14.8. The first-order valence-corrected chi connectivity index (χ1v) is 12.2. The Bertz CT molecular complexity index is 1250. The van der Waals surface area contributed by atoms with E-state index in [4.69, 9.17) is 4.42 Å². The first-order chi connectivity index (χ1) is 16.3. The third-order valence-electron chi connectivity index (χ3n) is 5.71. The van der Waals surface area contributed by atoms with Crippen molar-refractivity contribution in [3.05, 3.63) is 84.1 Å². The average molecular weight is 486 g/mol. The van der Waals surface area contributed by atoms with Crippen molar-refractivity contribution in [2.75, 3.05) is 18.4 Å². The summed E-state index contributed by atoms with van der Waals surface area (Å²) in [5.41, 5.74) is 0.699. The molecule has 0 saturated carbocycles. The summed E-state index contributed by atoms with van der Waals surface area (Å²) in [4.78, 5) is 25.5. The molecule has 0 aliphatic carbocycles. The van der Waals surface area contributed by atoms with Crippen LogP contribution < -0.4 is 10.6 Å². The molecule has 1 aliphatic rings. The van der Waals surface area contributed by atoms with Crippen LogP contribution in [0.2, 0.25) is 0 Å². The molecule has 0 atom stereocenters. The minimum absolute atomic E-state index is 0.0197. The predicted molar refractivity (Wildman–Crippen MR) is 123 cm³/mol. The lowest BCUT2D eigenvalue weighted by molar-refractivity contribution is -0.120. The number of anilines is 1. The molecule has 10 heteroatoms. The molecule has 2 heterocycles. The van der Waals surface area contributed by atoms with Crippen LogP contribution in [0, 0.1) is 11.7 Å². The van der Waals surface area contributed by atoms with Gasteiger partial charge in [0.1, 0.15) is 11.6 Å². The number of sulfonamides is 1. The standard InChI is InChI=1S/C24H24FN3O5S/c25-18-7-9-20(10-8-18)34(31,32)28-13-11-17(12-14-28)23(29)27-22-6-2-1-5-21(22)24(30)26-16-19-4-3-15-33-19/h1-10,15,17H,11-14,16H2,(H,26,30)(H,27,29). The summed E-state index contributed by atoms with van der Waals surface area (Å²) in [6.45, 7) is 0.557. The van der Waals surface area contributed by atoms with Crippen LogP contribution in [-0.2, 0) is 21.4 Å². The van der Waals surface area contributed by atoms with E-state index in [9.17, 15) is 22.4 Å². The Labute approximate surface area is 196 Å². The number of piperidine rings is 1. The Hall–Kier alpha value is -3.50. The van der Waals surface area contributed by atoms with E-state index in [1.165, 1.54) is 22.7 Å². The molecule has 2 N–H and O–H groups in total. The van der Waals surface area contributed by atoms with E-state index < -0.39 is 21.8 Å². The maximum Gasteiger partial charge on any atom is 0.253 e. The number of amides is 2. The summed E-state index contributed by atoms with van der Waals surface area (Å²) in [5, 5.41) is 5.57. The second-order valence-electron chi connectivity index (χ2n) is 7.93. The van der Waals surface area contributed by atoms with Gasteiger partial charge in [-0.05, 0) is 61.4 Å². The Morgan fingerprint density at radius 2 is 1.71 bits per heavy atom. The van der Waals surface area contributed by atoms with Crippen LogP contribution in [0.15, 0.2) is 76.2 Å². The number of nitrogens with one attached hydrogen (secondary N) is 2. The van der Waals surface area contributed by atoms with Gasteiger partial charge in [-0.15, -0.1) is 0 Å². The van der Waals surface area contributed by atoms with Gasteiger partial charge in [-0.1, -0.05) is 12.1 Å². The van der Waals surface area contributed by atoms with E-state index in [0.29, 0.717) is 29.9 Å². The normalized spacial score (nSPS) is 15.1. The topological polar surface area (TPSA) is 109 Å². The SMILES string of the molecule is O=C(NCc1ccco1)c1ccccc1NC(=O)C1CCN(S(=O)(=O)c2ccc(F)cc2)CC1. The fraction of sp³-hybridized carbons (Fsp3) is 0.250. The molecule has 178 valence electrons. The highest BCUT2D eigenvalue weighted by Crippen LogP contribution is 2.26. The largest absolute Gasteiger partial charge is 0.467 e. The zero-order chi connectivity index (χ0) is 24.1. The summed E-state index contributed by atoms with van der Waals surface area (Å²) in [5.74, 6) is -0.932. The number of hydrogen-bond donors (Lipinski definition) is 2. The molecule has 0 unspecified atom stereocenters. The molecule has 0 radical (unpaired) electrons. The molecule has 34 heavy (non-hydrogen) atoms. The minimum atomic E-state index is -3.76. The van der Waals surface area contributed by atoms with Crippen LogP contribution in [0.25, 0.3) is 0 Å². The van der Waals surface area contributed by atoms with Crippen LogP contribution in [0.1, 0.15) is 29.0 Å². The number of furan rings is 1. The van der Waals surface area contributed by atoms with Crippen LogP contribution in [-0.4, -0.2) is 37.6 Å². The third-order valence-corrected chi connectivity index (χ3v) is 7.62. The quantitative estimate of drug-likeness (QED) is 0.533. The van der Waals surface area contributed by atoms with E-state index in [1.54, 1.807) is 36.4 Å². The van der Waals surface area contributed by atoms with Crippen LogP contribution in [0.3, 0.4) is 0 Å². The number of benzene rings is 2. The molecule has 1 saturated heterocycles. The highest BCUT2D eigenvalue weighted by atomic mass is 32.2. The summed E-state index contributed by atoms with van der Waals surface area (Å²) >= 11 is 0. The average Bonchev–Trinajstić information content (AvgIpc) is 3.37. The molecule has 1 aliphatic heterocycles. The Morgan fingerprint density at radius 1 is 1.00 bits per heavy atom. The van der Waals surface area contributed by atoms with Gasteiger partial charge in [-0.2, -0.15) is 4.31 Å². The Balaban J connectivity index is 1.36. The number of carbonyl (C=O) groups excluding carboxylic acids is 2. The fourth-order valence-electron chi connectivity index (χ4n) is 3.81. The number of carbonyl (C=O) groups is 2. The van der Waals surface area contributed by atoms with E-state index in [1.807, 2.05) is 0 Å². The molecular formula is C24H24FN3O5S. The molecule has 0 spiro atoms. The minimum Gasteiger partial charge on any atom is -0.467 e. The smallest absolute Gasteiger partial charge is 0.253 e. The molecule has 1 aromatic heterocycles. The zero-order valence-electron chi connectivity index (χ0n) is 18.2. The maximum absolute atomic E-state index is 13.1. The molecule has 0 bridgehead atoms. The lowest BCUT2D eigenvalue weighted by Crippen LogP contribution is -2.41. The number of nitrogens with zero attached hydrogens (tertiary/aromatic N) is 1. The van der Waals surface area contributed by atoms with Gasteiger partial charge in [-0.3, -0.25) is 9.59 Å². The highest BCUT2D eigenvalue weighted by molar-refractivity contribution is 7.89. The molecule has 3 aromatic rings. The monoisotopic (exact) mass is 485 g/mol. The van der Waals surface area contributed by atoms with Gasteiger partial charge in [0.25, 0.3) is 5.91 Å². The van der Waals surface area contributed by atoms with E-state index >= 15 is 0 Å². The van der Waals surface area contributed by atoms with Crippen LogP contribution >= 0.6 is 0 Å². The molecular weight excluding hydrogens is 461 g/mol. The van der Waals surface area contributed by atoms with Gasteiger partial charge < -0.3 is 15.1 Å². The summed E-state index contributed by atoms with van der Waals surface area (Å²) in [7, 11) is -3.76. The summed E-state index contributed by atoms with van der Waals surface area (Å²) < 4.78 is 45.2. The predicted octanol–water partition coefficient (Wildman–Crippen LogP) is 3.39. The summed E-state index contributed by atoms with van der Waals surface area (Å²) in [6.07, 6.45) is 2.18. The molecule has 2 amide bonds. The van der Waals surface area contributed by atoms with E-state index in [-0.39, 0.29) is 36.3 Å². The van der Waals surface area contributed by atoms with Gasteiger partial charge in [0.05, 0.1) is 29.0 Å². The molecule has 4 rings (SSSR count). The second kappa shape index (κ2) is 10.2. The fourth-order valence-corrected chi connectivity index (χ4v) is 5.28. The van der Waals surface area contributed by atoms with Gasteiger partial charge >= 0.3 is 0 Å². The highest BCUT2D eigenvalue weighted by Gasteiger charge is 2.32.